The number of sulfonamides is 1. The molecular weight excluding hydrogens is 352 g/mol. The van der Waals surface area contributed by atoms with Crippen molar-refractivity contribution in [2.45, 2.75) is 44.2 Å². The number of rotatable bonds is 6. The van der Waals surface area contributed by atoms with Crippen LogP contribution >= 0.6 is 0 Å². The molecule has 0 saturated heterocycles. The summed E-state index contributed by atoms with van der Waals surface area (Å²) in [6, 6.07) is 13.5. The Morgan fingerprint density at radius 2 is 1.69 bits per heavy atom. The van der Waals surface area contributed by atoms with E-state index in [2.05, 4.69) is 10.0 Å². The Morgan fingerprint density at radius 3 is 2.23 bits per heavy atom. The Kier molecular flexibility index (Phi) is 5.73. The predicted molar refractivity (Wildman–Crippen MR) is 102 cm³/mol. The van der Waals surface area contributed by atoms with E-state index in [4.69, 9.17) is 0 Å². The third kappa shape index (κ3) is 5.06. The van der Waals surface area contributed by atoms with Gasteiger partial charge in [-0.1, -0.05) is 30.3 Å². The van der Waals surface area contributed by atoms with Crippen LogP contribution in [0.1, 0.15) is 49.7 Å². The number of carboxylic acids is 1. The molecule has 2 aromatic rings. The number of nitrogens with one attached hydrogen (secondary N) is 2. The summed E-state index contributed by atoms with van der Waals surface area (Å²) in [5.74, 6) is -1.19. The predicted octanol–water partition coefficient (Wildman–Crippen LogP) is 3.63. The molecule has 0 aliphatic rings. The lowest BCUT2D eigenvalue weighted by molar-refractivity contribution is 0.0697. The van der Waals surface area contributed by atoms with E-state index in [1.807, 2.05) is 37.3 Å². The Balaban J connectivity index is 2.37. The van der Waals surface area contributed by atoms with Crippen molar-refractivity contribution >= 4 is 21.7 Å². The quantitative estimate of drug-likeness (QED) is 0.715. The van der Waals surface area contributed by atoms with E-state index in [1.165, 1.54) is 18.2 Å². The number of anilines is 1. The van der Waals surface area contributed by atoms with Gasteiger partial charge in [-0.2, -0.15) is 0 Å². The molecule has 0 radical (unpaired) electrons. The monoisotopic (exact) mass is 376 g/mol. The molecule has 0 bridgehead atoms. The van der Waals surface area contributed by atoms with Crippen LogP contribution in [0.15, 0.2) is 53.4 Å². The third-order valence-electron chi connectivity index (χ3n) is 3.64. The SMILES string of the molecule is C[C@@H](Nc1ccc(S(=O)(=O)NC(C)(C)C)cc1C(=O)O)c1ccccc1. The minimum Gasteiger partial charge on any atom is -0.478 e. The summed E-state index contributed by atoms with van der Waals surface area (Å²) in [5.41, 5.74) is 0.601. The molecule has 0 heterocycles. The van der Waals surface area contributed by atoms with Crippen LogP contribution in [-0.2, 0) is 10.0 Å². The van der Waals surface area contributed by atoms with E-state index >= 15 is 0 Å². The van der Waals surface area contributed by atoms with Crippen molar-refractivity contribution < 1.29 is 18.3 Å². The zero-order chi connectivity index (χ0) is 19.5. The van der Waals surface area contributed by atoms with E-state index in [0.29, 0.717) is 5.69 Å². The maximum atomic E-state index is 12.5. The van der Waals surface area contributed by atoms with Crippen molar-refractivity contribution in [3.63, 3.8) is 0 Å². The first-order valence-electron chi connectivity index (χ1n) is 8.22. The molecule has 2 rings (SSSR count). The van der Waals surface area contributed by atoms with Gasteiger partial charge in [0.25, 0.3) is 0 Å². The van der Waals surface area contributed by atoms with E-state index < -0.39 is 21.5 Å². The lowest BCUT2D eigenvalue weighted by atomic mass is 10.1. The molecule has 3 N–H and O–H groups in total. The van der Waals surface area contributed by atoms with E-state index in [1.54, 1.807) is 20.8 Å². The molecule has 2 aromatic carbocycles. The molecule has 140 valence electrons. The summed E-state index contributed by atoms with van der Waals surface area (Å²) in [7, 11) is -3.81. The molecule has 0 unspecified atom stereocenters. The van der Waals surface area contributed by atoms with Gasteiger partial charge in [0.05, 0.1) is 10.5 Å². The maximum Gasteiger partial charge on any atom is 0.337 e. The fraction of sp³-hybridized carbons (Fsp3) is 0.316. The van der Waals surface area contributed by atoms with Gasteiger partial charge in [-0.25, -0.2) is 17.9 Å². The summed E-state index contributed by atoms with van der Waals surface area (Å²) in [4.78, 5) is 11.6. The molecule has 7 heteroatoms. The van der Waals surface area contributed by atoms with Crippen molar-refractivity contribution in [1.29, 1.82) is 0 Å². The largest absolute Gasteiger partial charge is 0.478 e. The van der Waals surface area contributed by atoms with Crippen LogP contribution in [0.4, 0.5) is 5.69 Å². The van der Waals surface area contributed by atoms with Gasteiger partial charge in [0.2, 0.25) is 10.0 Å². The minimum atomic E-state index is -3.81. The molecule has 0 aliphatic carbocycles. The first kappa shape index (κ1) is 19.9. The average molecular weight is 376 g/mol. The smallest absolute Gasteiger partial charge is 0.337 e. The van der Waals surface area contributed by atoms with Crippen LogP contribution < -0.4 is 10.0 Å². The molecule has 6 nitrogen and oxygen atoms in total. The standard InChI is InChI=1S/C19H24N2O4S/c1-13(14-8-6-5-7-9-14)20-17-11-10-15(12-16(17)18(22)23)26(24,25)21-19(2,3)4/h5-13,20-21H,1-4H3,(H,22,23)/t13-/m1/s1. The van der Waals surface area contributed by atoms with Crippen molar-refractivity contribution in [1.82, 2.24) is 4.72 Å². The molecular formula is C19H24N2O4S. The van der Waals surface area contributed by atoms with Crippen molar-refractivity contribution in [2.24, 2.45) is 0 Å². The molecule has 0 amide bonds. The lowest BCUT2D eigenvalue weighted by Crippen LogP contribution is -2.40. The van der Waals surface area contributed by atoms with Gasteiger partial charge in [0.1, 0.15) is 0 Å². The van der Waals surface area contributed by atoms with Gasteiger partial charge in [-0.15, -0.1) is 0 Å². The number of aromatic carboxylic acids is 1. The highest BCUT2D eigenvalue weighted by Gasteiger charge is 2.24. The average Bonchev–Trinajstić information content (AvgIpc) is 2.53. The molecule has 0 fully saturated rings. The third-order valence-corrected chi connectivity index (χ3v) is 5.40. The topological polar surface area (TPSA) is 95.5 Å². The van der Waals surface area contributed by atoms with E-state index in [9.17, 15) is 18.3 Å². The number of benzene rings is 2. The van der Waals surface area contributed by atoms with Gasteiger partial charge < -0.3 is 10.4 Å². The zero-order valence-corrected chi connectivity index (χ0v) is 16.1. The summed E-state index contributed by atoms with van der Waals surface area (Å²) < 4.78 is 27.4. The van der Waals surface area contributed by atoms with Gasteiger partial charge in [-0.3, -0.25) is 0 Å². The summed E-state index contributed by atoms with van der Waals surface area (Å²) in [6.07, 6.45) is 0. The summed E-state index contributed by atoms with van der Waals surface area (Å²) >= 11 is 0. The normalized spacial score (nSPS) is 13.2. The molecule has 26 heavy (non-hydrogen) atoms. The number of hydrogen-bond donors (Lipinski definition) is 3. The number of carbonyl (C=O) groups is 1. The Morgan fingerprint density at radius 1 is 1.08 bits per heavy atom. The van der Waals surface area contributed by atoms with Crippen molar-refractivity contribution in [2.75, 3.05) is 5.32 Å². The molecule has 0 spiro atoms. The second-order valence-electron chi connectivity index (χ2n) is 7.14. The number of carboxylic acid groups (broad SMARTS) is 1. The first-order chi connectivity index (χ1) is 12.0. The van der Waals surface area contributed by atoms with E-state index in [-0.39, 0.29) is 16.5 Å². The van der Waals surface area contributed by atoms with Gasteiger partial charge >= 0.3 is 5.97 Å². The first-order valence-corrected chi connectivity index (χ1v) is 9.71. The lowest BCUT2D eigenvalue weighted by Gasteiger charge is -2.21. The summed E-state index contributed by atoms with van der Waals surface area (Å²) in [5, 5.41) is 12.7. The Bertz CT molecular complexity index is 888. The van der Waals surface area contributed by atoms with Crippen LogP contribution in [-0.4, -0.2) is 25.0 Å². The van der Waals surface area contributed by atoms with Crippen LogP contribution in [0.2, 0.25) is 0 Å². The van der Waals surface area contributed by atoms with Gasteiger partial charge in [-0.05, 0) is 51.5 Å². The highest BCUT2D eigenvalue weighted by atomic mass is 32.2. The van der Waals surface area contributed by atoms with Gasteiger partial charge in [0.15, 0.2) is 0 Å². The highest BCUT2D eigenvalue weighted by Crippen LogP contribution is 2.25. The zero-order valence-electron chi connectivity index (χ0n) is 15.3. The maximum absolute atomic E-state index is 12.5. The fourth-order valence-corrected chi connectivity index (χ4v) is 3.96. The van der Waals surface area contributed by atoms with Crippen LogP contribution in [0.25, 0.3) is 0 Å². The molecule has 0 aromatic heterocycles. The fourth-order valence-electron chi connectivity index (χ4n) is 2.51. The van der Waals surface area contributed by atoms with Crippen molar-refractivity contribution in [3.05, 3.63) is 59.7 Å². The molecule has 0 aliphatic heterocycles. The Labute approximate surface area is 154 Å². The van der Waals surface area contributed by atoms with E-state index in [0.717, 1.165) is 5.56 Å². The van der Waals surface area contributed by atoms with Crippen LogP contribution in [0, 0.1) is 0 Å². The van der Waals surface area contributed by atoms with Crippen molar-refractivity contribution in [3.8, 4) is 0 Å². The Hall–Kier alpha value is -2.38. The molecule has 0 saturated carbocycles. The van der Waals surface area contributed by atoms with Gasteiger partial charge in [0, 0.05) is 17.3 Å². The second-order valence-corrected chi connectivity index (χ2v) is 8.83. The van der Waals surface area contributed by atoms with Crippen LogP contribution in [0.3, 0.4) is 0 Å². The number of hydrogen-bond acceptors (Lipinski definition) is 4. The van der Waals surface area contributed by atoms with Crippen LogP contribution in [0.5, 0.6) is 0 Å². The minimum absolute atomic E-state index is 0.0808. The second kappa shape index (κ2) is 7.47. The molecule has 1 atom stereocenters. The highest BCUT2D eigenvalue weighted by molar-refractivity contribution is 7.89. The summed E-state index contributed by atoms with van der Waals surface area (Å²) in [6.45, 7) is 7.08.